The second-order valence-electron chi connectivity index (χ2n) is 2.63. The molecule has 5 heteroatoms. The van der Waals surface area contributed by atoms with Crippen LogP contribution >= 0.6 is 22.9 Å². The van der Waals surface area contributed by atoms with Crippen LogP contribution in [0.15, 0.2) is 6.33 Å². The number of aryl methyl sites for hydroxylation is 1. The third kappa shape index (κ3) is 1.03. The zero-order valence-electron chi connectivity index (χ0n) is 6.76. The monoisotopic (exact) mass is 196 g/mol. The van der Waals surface area contributed by atoms with Gasteiger partial charge in [0, 0.05) is 5.39 Å². The first-order valence-electron chi connectivity index (χ1n) is 3.56. The van der Waals surface area contributed by atoms with Crippen LogP contribution in [0, 0.1) is 6.92 Å². The average molecular weight is 196 g/mol. The SMILES string of the molecule is Bc1c(C)sc2ncnc(Cl)c12. The van der Waals surface area contributed by atoms with Crippen molar-refractivity contribution in [2.75, 3.05) is 0 Å². The smallest absolute Gasteiger partial charge is 0.141 e. The molecule has 0 spiro atoms. The van der Waals surface area contributed by atoms with Crippen LogP contribution in [0.2, 0.25) is 5.15 Å². The van der Waals surface area contributed by atoms with E-state index in [9.17, 15) is 0 Å². The van der Waals surface area contributed by atoms with Crippen molar-refractivity contribution in [2.24, 2.45) is 0 Å². The standard InChI is InChI=1S/C7H6BClN2S/c1-3-5(8)4-6(9)10-2-11-7(4)12-3/h2H,8H2,1H3. The molecule has 0 aromatic carbocycles. The highest BCUT2D eigenvalue weighted by atomic mass is 35.5. The molecular formula is C7H6BClN2S. The summed E-state index contributed by atoms with van der Waals surface area (Å²) in [6, 6.07) is 0. The topological polar surface area (TPSA) is 25.8 Å². The van der Waals surface area contributed by atoms with E-state index in [2.05, 4.69) is 16.9 Å². The van der Waals surface area contributed by atoms with Gasteiger partial charge in [0.05, 0.1) is 0 Å². The van der Waals surface area contributed by atoms with Gasteiger partial charge in [0.15, 0.2) is 0 Å². The van der Waals surface area contributed by atoms with Gasteiger partial charge in [-0.1, -0.05) is 17.1 Å². The summed E-state index contributed by atoms with van der Waals surface area (Å²) >= 11 is 7.59. The Bertz CT molecular complexity index is 440. The molecule has 0 radical (unpaired) electrons. The number of hydrogen-bond donors (Lipinski definition) is 0. The number of nitrogens with zero attached hydrogens (tertiary/aromatic N) is 2. The molecule has 0 atom stereocenters. The van der Waals surface area contributed by atoms with Crippen molar-refractivity contribution in [2.45, 2.75) is 6.92 Å². The highest BCUT2D eigenvalue weighted by molar-refractivity contribution is 7.20. The number of thiophene rings is 1. The lowest BCUT2D eigenvalue weighted by atomic mass is 9.94. The minimum absolute atomic E-state index is 0.557. The Labute approximate surface area is 80.0 Å². The molecule has 0 bridgehead atoms. The third-order valence-electron chi connectivity index (χ3n) is 1.92. The molecule has 0 aliphatic carbocycles. The molecule has 0 unspecified atom stereocenters. The van der Waals surface area contributed by atoms with Gasteiger partial charge < -0.3 is 0 Å². The minimum Gasteiger partial charge on any atom is -0.225 e. The molecule has 2 nitrogen and oxygen atoms in total. The van der Waals surface area contributed by atoms with E-state index in [-0.39, 0.29) is 0 Å². The predicted octanol–water partition coefficient (Wildman–Crippen LogP) is 0.912. The van der Waals surface area contributed by atoms with E-state index in [1.54, 1.807) is 11.3 Å². The zero-order valence-corrected chi connectivity index (χ0v) is 8.33. The Morgan fingerprint density at radius 3 is 2.92 bits per heavy atom. The van der Waals surface area contributed by atoms with Crippen molar-refractivity contribution in [3.8, 4) is 0 Å². The molecule has 2 aromatic heterocycles. The Morgan fingerprint density at radius 1 is 1.50 bits per heavy atom. The van der Waals surface area contributed by atoms with E-state index in [4.69, 9.17) is 11.6 Å². The molecule has 0 amide bonds. The molecule has 2 heterocycles. The van der Waals surface area contributed by atoms with E-state index in [0.29, 0.717) is 5.15 Å². The summed E-state index contributed by atoms with van der Waals surface area (Å²) in [5.41, 5.74) is 1.20. The van der Waals surface area contributed by atoms with Crippen LogP contribution in [-0.2, 0) is 0 Å². The molecule has 2 aromatic rings. The molecule has 12 heavy (non-hydrogen) atoms. The molecule has 0 saturated carbocycles. The molecule has 0 aliphatic heterocycles. The van der Waals surface area contributed by atoms with Gasteiger partial charge in [-0.15, -0.1) is 11.3 Å². The maximum absolute atomic E-state index is 5.93. The molecular weight excluding hydrogens is 190 g/mol. The van der Waals surface area contributed by atoms with Gasteiger partial charge in [0.2, 0.25) is 0 Å². The zero-order chi connectivity index (χ0) is 8.72. The van der Waals surface area contributed by atoms with Gasteiger partial charge in [0.25, 0.3) is 0 Å². The highest BCUT2D eigenvalue weighted by Crippen LogP contribution is 2.24. The molecule has 0 aliphatic rings. The van der Waals surface area contributed by atoms with Gasteiger partial charge in [-0.3, -0.25) is 0 Å². The van der Waals surface area contributed by atoms with E-state index in [0.717, 1.165) is 10.2 Å². The first-order valence-corrected chi connectivity index (χ1v) is 4.76. The van der Waals surface area contributed by atoms with E-state index >= 15 is 0 Å². The fraction of sp³-hybridized carbons (Fsp3) is 0.143. The summed E-state index contributed by atoms with van der Waals surface area (Å²) < 4.78 is 0. The number of aromatic nitrogens is 2. The van der Waals surface area contributed by atoms with Gasteiger partial charge in [0.1, 0.15) is 24.2 Å². The van der Waals surface area contributed by atoms with Crippen molar-refractivity contribution < 1.29 is 0 Å². The van der Waals surface area contributed by atoms with Gasteiger partial charge in [-0.05, 0) is 11.8 Å². The Balaban J connectivity index is 2.97. The average Bonchev–Trinajstić information content (AvgIpc) is 2.29. The fourth-order valence-electron chi connectivity index (χ4n) is 1.14. The molecule has 0 saturated heterocycles. The first-order chi connectivity index (χ1) is 5.70. The van der Waals surface area contributed by atoms with Crippen molar-refractivity contribution in [3.63, 3.8) is 0 Å². The molecule has 0 fully saturated rings. The second kappa shape index (κ2) is 2.71. The second-order valence-corrected chi connectivity index (χ2v) is 4.19. The summed E-state index contributed by atoms with van der Waals surface area (Å²) in [6.45, 7) is 2.07. The predicted molar refractivity (Wildman–Crippen MR) is 55.3 cm³/mol. The lowest BCUT2D eigenvalue weighted by Gasteiger charge is -1.92. The minimum atomic E-state index is 0.557. The first kappa shape index (κ1) is 8.01. The maximum Gasteiger partial charge on any atom is 0.141 e. The molecule has 60 valence electrons. The van der Waals surface area contributed by atoms with Gasteiger partial charge in [-0.2, -0.15) is 0 Å². The van der Waals surface area contributed by atoms with Crippen molar-refractivity contribution in [3.05, 3.63) is 16.4 Å². The Morgan fingerprint density at radius 2 is 2.25 bits per heavy atom. The van der Waals surface area contributed by atoms with Crippen LogP contribution in [-0.4, -0.2) is 17.8 Å². The maximum atomic E-state index is 5.93. The summed E-state index contributed by atoms with van der Waals surface area (Å²) in [4.78, 5) is 10.3. The van der Waals surface area contributed by atoms with Gasteiger partial charge in [-0.25, -0.2) is 9.97 Å². The van der Waals surface area contributed by atoms with Crippen LogP contribution in [0.3, 0.4) is 0 Å². The van der Waals surface area contributed by atoms with Crippen molar-refractivity contribution in [1.29, 1.82) is 0 Å². The highest BCUT2D eigenvalue weighted by Gasteiger charge is 2.08. The molecule has 0 N–H and O–H groups in total. The van der Waals surface area contributed by atoms with Crippen LogP contribution in [0.5, 0.6) is 0 Å². The Kier molecular flexibility index (Phi) is 1.81. The quantitative estimate of drug-likeness (QED) is 0.462. The van der Waals surface area contributed by atoms with Crippen LogP contribution in [0.1, 0.15) is 4.88 Å². The third-order valence-corrected chi connectivity index (χ3v) is 3.32. The van der Waals surface area contributed by atoms with Crippen molar-refractivity contribution >= 4 is 46.5 Å². The summed E-state index contributed by atoms with van der Waals surface area (Å²) in [7, 11) is 2.05. The lowest BCUT2D eigenvalue weighted by molar-refractivity contribution is 1.24. The number of fused-ring (bicyclic) bond motifs is 1. The summed E-state index contributed by atoms with van der Waals surface area (Å²) in [5, 5.41) is 1.56. The van der Waals surface area contributed by atoms with Crippen molar-refractivity contribution in [1.82, 2.24) is 9.97 Å². The van der Waals surface area contributed by atoms with E-state index in [1.165, 1.54) is 16.7 Å². The van der Waals surface area contributed by atoms with Crippen LogP contribution < -0.4 is 5.46 Å². The number of halogens is 1. The summed E-state index contributed by atoms with van der Waals surface area (Å²) in [6.07, 6.45) is 1.50. The molecule has 2 rings (SSSR count). The van der Waals surface area contributed by atoms with Crippen LogP contribution in [0.4, 0.5) is 0 Å². The largest absolute Gasteiger partial charge is 0.225 e. The van der Waals surface area contributed by atoms with E-state index < -0.39 is 0 Å². The lowest BCUT2D eigenvalue weighted by Crippen LogP contribution is -2.03. The normalized spacial score (nSPS) is 10.8. The number of hydrogen-bond acceptors (Lipinski definition) is 3. The number of rotatable bonds is 0. The summed E-state index contributed by atoms with van der Waals surface area (Å²) in [5.74, 6) is 0. The van der Waals surface area contributed by atoms with Crippen LogP contribution in [0.25, 0.3) is 10.2 Å². The van der Waals surface area contributed by atoms with E-state index in [1.807, 2.05) is 7.85 Å². The fourth-order valence-corrected chi connectivity index (χ4v) is 2.47. The Hall–Kier alpha value is -0.605. The van der Waals surface area contributed by atoms with Gasteiger partial charge >= 0.3 is 0 Å².